The number of fused-ring (bicyclic) bond motifs is 1. The molecule has 202 valence electrons. The Balaban J connectivity index is 1.27. The summed E-state index contributed by atoms with van der Waals surface area (Å²) in [6.07, 6.45) is 4.18. The van der Waals surface area contributed by atoms with E-state index in [0.29, 0.717) is 40.5 Å². The highest BCUT2D eigenvalue weighted by molar-refractivity contribution is 8.27. The first-order valence-corrected chi connectivity index (χ1v) is 13.5. The number of carbonyl (C=O) groups excluding carboxylic acids is 1. The van der Waals surface area contributed by atoms with Crippen molar-refractivity contribution in [1.29, 1.82) is 5.41 Å². The van der Waals surface area contributed by atoms with E-state index in [1.807, 2.05) is 61.5 Å². The lowest BCUT2D eigenvalue weighted by atomic mass is 10.1. The molecular formula is C31H28N4O4S. The van der Waals surface area contributed by atoms with E-state index in [2.05, 4.69) is 16.7 Å². The fraction of sp³-hybridized carbons (Fsp3) is 0.161. The van der Waals surface area contributed by atoms with E-state index in [1.54, 1.807) is 31.4 Å². The first-order chi connectivity index (χ1) is 19.5. The van der Waals surface area contributed by atoms with Crippen molar-refractivity contribution >= 4 is 39.8 Å². The van der Waals surface area contributed by atoms with Crippen LogP contribution in [0.4, 0.5) is 0 Å². The molecule has 2 heterocycles. The lowest BCUT2D eigenvalue weighted by Crippen LogP contribution is -2.35. The Labute approximate surface area is 237 Å². The number of nitrogens with zero attached hydrogens (tertiary/aromatic N) is 3. The molecule has 1 N–H and O–H groups in total. The van der Waals surface area contributed by atoms with E-state index in [4.69, 9.17) is 19.6 Å². The Morgan fingerprint density at radius 3 is 2.50 bits per heavy atom. The highest BCUT2D eigenvalue weighted by Crippen LogP contribution is 2.33. The number of hydrazone groups is 1. The summed E-state index contributed by atoms with van der Waals surface area (Å²) < 4.78 is 17.3. The van der Waals surface area contributed by atoms with E-state index in [-0.39, 0.29) is 11.4 Å². The minimum absolute atomic E-state index is 0.0298. The summed E-state index contributed by atoms with van der Waals surface area (Å²) in [5.41, 5.74) is 3.92. The van der Waals surface area contributed by atoms with Crippen LogP contribution in [0.3, 0.4) is 0 Å². The second-order valence-corrected chi connectivity index (χ2v) is 9.95. The highest BCUT2D eigenvalue weighted by Gasteiger charge is 2.36. The minimum Gasteiger partial charge on any atom is -0.493 e. The molecule has 0 aliphatic carbocycles. The summed E-state index contributed by atoms with van der Waals surface area (Å²) in [5.74, 6) is 1.32. The molecule has 0 saturated heterocycles. The average molecular weight is 553 g/mol. The summed E-state index contributed by atoms with van der Waals surface area (Å²) >= 11 is 1.27. The van der Waals surface area contributed by atoms with Gasteiger partial charge in [-0.3, -0.25) is 10.2 Å². The van der Waals surface area contributed by atoms with Gasteiger partial charge in [-0.2, -0.15) is 15.1 Å². The van der Waals surface area contributed by atoms with Gasteiger partial charge in [-0.25, -0.2) is 0 Å². The number of methoxy groups -OCH3 is 1. The van der Waals surface area contributed by atoms with Gasteiger partial charge in [-0.15, -0.1) is 6.58 Å². The average Bonchev–Trinajstić information content (AvgIpc) is 3.39. The molecule has 2 aliphatic rings. The minimum atomic E-state index is -0.489. The third-order valence-electron chi connectivity index (χ3n) is 6.19. The van der Waals surface area contributed by atoms with Crippen molar-refractivity contribution in [3.63, 3.8) is 0 Å². The Hall–Kier alpha value is -4.63. The van der Waals surface area contributed by atoms with Crippen LogP contribution in [0.5, 0.6) is 17.2 Å². The van der Waals surface area contributed by atoms with Crippen LogP contribution in [0.2, 0.25) is 0 Å². The molecule has 0 atom stereocenters. The molecule has 0 bridgehead atoms. The number of aryl methyl sites for hydroxylation is 1. The van der Waals surface area contributed by atoms with Gasteiger partial charge in [0.1, 0.15) is 24.0 Å². The lowest BCUT2D eigenvalue weighted by molar-refractivity contribution is -0.114. The van der Waals surface area contributed by atoms with E-state index in [9.17, 15) is 4.79 Å². The molecule has 0 fully saturated rings. The number of ether oxygens (including phenoxy) is 3. The normalized spacial score (nSPS) is 15.4. The lowest BCUT2D eigenvalue weighted by Gasteiger charge is -2.20. The number of benzene rings is 3. The standard InChI is InChI=1S/C31H28N4O4S/c1-4-7-22-8-5-6-9-25(22)38-16-17-39-26-15-12-21(19-27(26)37-3)18-24-28(32)35-31(33-29(24)36)40-30(34-35)23-13-10-20(2)11-14-23/h4-6,8-15,18-19,32H,1,7,16-17H2,2-3H3/b24-18-,32-28?. The molecule has 3 aromatic carbocycles. The zero-order valence-electron chi connectivity index (χ0n) is 22.2. The van der Waals surface area contributed by atoms with Crippen molar-refractivity contribution in [3.05, 3.63) is 107 Å². The zero-order valence-corrected chi connectivity index (χ0v) is 23.0. The van der Waals surface area contributed by atoms with Gasteiger partial charge in [0.25, 0.3) is 5.91 Å². The molecule has 1 amide bonds. The van der Waals surface area contributed by atoms with Crippen molar-refractivity contribution in [3.8, 4) is 17.2 Å². The summed E-state index contributed by atoms with van der Waals surface area (Å²) in [6.45, 7) is 6.47. The van der Waals surface area contributed by atoms with Gasteiger partial charge in [0.05, 0.1) is 12.7 Å². The van der Waals surface area contributed by atoms with E-state index in [1.165, 1.54) is 16.8 Å². The molecule has 0 aromatic heterocycles. The smallest absolute Gasteiger partial charge is 0.283 e. The largest absolute Gasteiger partial charge is 0.493 e. The Bertz CT molecular complexity index is 1560. The van der Waals surface area contributed by atoms with Crippen LogP contribution < -0.4 is 14.2 Å². The Kier molecular flexibility index (Phi) is 8.12. The number of amides is 1. The van der Waals surface area contributed by atoms with E-state index in [0.717, 1.165) is 28.9 Å². The number of carbonyl (C=O) groups is 1. The predicted octanol–water partition coefficient (Wildman–Crippen LogP) is 5.86. The molecule has 5 rings (SSSR count). The monoisotopic (exact) mass is 552 g/mol. The van der Waals surface area contributed by atoms with Gasteiger partial charge in [0.2, 0.25) is 5.17 Å². The molecule has 0 radical (unpaired) electrons. The third kappa shape index (κ3) is 5.84. The van der Waals surface area contributed by atoms with Crippen molar-refractivity contribution in [2.75, 3.05) is 20.3 Å². The first-order valence-electron chi connectivity index (χ1n) is 12.7. The third-order valence-corrected chi connectivity index (χ3v) is 7.14. The fourth-order valence-corrected chi connectivity index (χ4v) is 5.03. The second kappa shape index (κ2) is 12.0. The van der Waals surface area contributed by atoms with Crippen molar-refractivity contribution < 1.29 is 19.0 Å². The number of aliphatic imine (C=N–C) groups is 1. The number of nitrogens with one attached hydrogen (secondary N) is 1. The fourth-order valence-electron chi connectivity index (χ4n) is 4.14. The molecule has 0 saturated carbocycles. The highest BCUT2D eigenvalue weighted by atomic mass is 32.2. The maximum absolute atomic E-state index is 12.9. The second-order valence-electron chi connectivity index (χ2n) is 9.00. The van der Waals surface area contributed by atoms with Gasteiger partial charge in [-0.05, 0) is 60.5 Å². The van der Waals surface area contributed by atoms with Crippen molar-refractivity contribution in [2.45, 2.75) is 13.3 Å². The zero-order chi connectivity index (χ0) is 28.1. The number of allylic oxidation sites excluding steroid dienone is 1. The number of hydrogen-bond donors (Lipinski definition) is 1. The van der Waals surface area contributed by atoms with Gasteiger partial charge >= 0.3 is 0 Å². The number of rotatable bonds is 10. The van der Waals surface area contributed by atoms with E-state index < -0.39 is 5.91 Å². The van der Waals surface area contributed by atoms with Gasteiger partial charge < -0.3 is 14.2 Å². The SMILES string of the molecule is C=CCc1ccccc1OCCOc1ccc(/C=C2/C(=N)N3N=C(c4ccc(C)cc4)SC3=NC2=O)cc1OC. The summed E-state index contributed by atoms with van der Waals surface area (Å²) in [4.78, 5) is 17.0. The summed E-state index contributed by atoms with van der Waals surface area (Å²) in [6, 6.07) is 21.1. The van der Waals surface area contributed by atoms with Crippen LogP contribution in [0, 0.1) is 12.3 Å². The van der Waals surface area contributed by atoms with Crippen molar-refractivity contribution in [1.82, 2.24) is 5.01 Å². The van der Waals surface area contributed by atoms with Crippen LogP contribution in [0.15, 0.2) is 95.1 Å². The van der Waals surface area contributed by atoms with Crippen LogP contribution in [-0.4, -0.2) is 47.3 Å². The number of para-hydroxylation sites is 1. The molecule has 40 heavy (non-hydrogen) atoms. The van der Waals surface area contributed by atoms with Crippen LogP contribution in [0.25, 0.3) is 6.08 Å². The molecule has 9 heteroatoms. The molecule has 8 nitrogen and oxygen atoms in total. The number of thioether (sulfide) groups is 1. The predicted molar refractivity (Wildman–Crippen MR) is 160 cm³/mol. The van der Waals surface area contributed by atoms with Crippen LogP contribution in [0.1, 0.15) is 22.3 Å². The molecule has 0 unspecified atom stereocenters. The topological polar surface area (TPSA) is 96.6 Å². The summed E-state index contributed by atoms with van der Waals surface area (Å²) in [7, 11) is 1.55. The molecule has 2 aliphatic heterocycles. The maximum Gasteiger partial charge on any atom is 0.283 e. The quantitative estimate of drug-likeness (QED) is 0.192. The maximum atomic E-state index is 12.9. The first kappa shape index (κ1) is 27.0. The van der Waals surface area contributed by atoms with Crippen LogP contribution >= 0.6 is 11.8 Å². The Morgan fingerprint density at radius 2 is 1.75 bits per heavy atom. The van der Waals surface area contributed by atoms with Gasteiger partial charge in [-0.1, -0.05) is 60.2 Å². The molecular weight excluding hydrogens is 524 g/mol. The van der Waals surface area contributed by atoms with Gasteiger partial charge in [0.15, 0.2) is 17.3 Å². The Morgan fingerprint density at radius 1 is 1.00 bits per heavy atom. The van der Waals surface area contributed by atoms with Gasteiger partial charge in [0, 0.05) is 5.56 Å². The summed E-state index contributed by atoms with van der Waals surface area (Å²) in [5, 5.41) is 15.7. The van der Waals surface area contributed by atoms with Crippen molar-refractivity contribution in [2.24, 2.45) is 10.1 Å². The number of hydrogen-bond acceptors (Lipinski definition) is 7. The molecule has 0 spiro atoms. The van der Waals surface area contributed by atoms with Crippen LogP contribution in [-0.2, 0) is 11.2 Å². The molecule has 3 aromatic rings. The number of amidine groups is 2. The van der Waals surface area contributed by atoms with E-state index >= 15 is 0 Å².